The minimum Gasteiger partial charge on any atom is -0.492 e. The van der Waals surface area contributed by atoms with Crippen LogP contribution in [0.4, 0.5) is 4.39 Å². The molecule has 0 N–H and O–H groups in total. The van der Waals surface area contributed by atoms with Gasteiger partial charge in [0.25, 0.3) is 0 Å². The van der Waals surface area contributed by atoms with Gasteiger partial charge in [-0.25, -0.2) is 4.39 Å². The molecule has 3 nitrogen and oxygen atoms in total. The molecule has 38 heavy (non-hydrogen) atoms. The maximum Gasteiger partial charge on any atom is 0.123 e. The molecule has 5 rings (SSSR count). The standard InChI is InChI=1S/C34H34FNO2/c35-32-15-11-29(12-16-32)34(30-13-17-33(18-14-30)38-24-21-36-19-22-37-23-20-36)31(25-27-7-3-1-4-8-27)26-28-9-5-2-6-10-28/h1-18H,19-26H2. The first kappa shape index (κ1) is 25.9. The monoisotopic (exact) mass is 507 g/mol. The molecular weight excluding hydrogens is 473 g/mol. The van der Waals surface area contributed by atoms with E-state index in [1.54, 1.807) is 12.1 Å². The second-order valence-corrected chi connectivity index (χ2v) is 9.64. The summed E-state index contributed by atoms with van der Waals surface area (Å²) in [5, 5.41) is 0. The normalized spacial score (nSPS) is 13.7. The average Bonchev–Trinajstić information content (AvgIpc) is 2.97. The second-order valence-electron chi connectivity index (χ2n) is 9.64. The first-order valence-corrected chi connectivity index (χ1v) is 13.3. The quantitative estimate of drug-likeness (QED) is 0.235. The molecule has 0 unspecified atom stereocenters. The molecule has 4 aromatic rings. The van der Waals surface area contributed by atoms with E-state index in [1.807, 2.05) is 36.4 Å². The minimum atomic E-state index is -0.232. The van der Waals surface area contributed by atoms with Crippen LogP contribution in [0.1, 0.15) is 22.3 Å². The number of morpholine rings is 1. The summed E-state index contributed by atoms with van der Waals surface area (Å²) in [5.41, 5.74) is 7.03. The highest BCUT2D eigenvalue weighted by atomic mass is 19.1. The van der Waals surface area contributed by atoms with E-state index < -0.39 is 0 Å². The molecule has 1 saturated heterocycles. The molecule has 194 valence electrons. The largest absolute Gasteiger partial charge is 0.492 e. The Bertz CT molecular complexity index is 1250. The van der Waals surface area contributed by atoms with Gasteiger partial charge in [0.1, 0.15) is 18.2 Å². The Kier molecular flexibility index (Phi) is 8.98. The lowest BCUT2D eigenvalue weighted by Gasteiger charge is -2.26. The van der Waals surface area contributed by atoms with Crippen LogP contribution in [0.2, 0.25) is 0 Å². The van der Waals surface area contributed by atoms with Crippen molar-refractivity contribution in [3.63, 3.8) is 0 Å². The average molecular weight is 508 g/mol. The zero-order chi connectivity index (χ0) is 26.0. The summed E-state index contributed by atoms with van der Waals surface area (Å²) in [6.45, 7) is 5.04. The fraction of sp³-hybridized carbons (Fsp3) is 0.235. The second kappa shape index (κ2) is 13.2. The van der Waals surface area contributed by atoms with Crippen LogP contribution in [0.15, 0.2) is 115 Å². The van der Waals surface area contributed by atoms with E-state index in [1.165, 1.54) is 16.7 Å². The number of nitrogens with zero attached hydrogens (tertiary/aromatic N) is 1. The Balaban J connectivity index is 1.46. The summed E-state index contributed by atoms with van der Waals surface area (Å²) < 4.78 is 25.4. The third-order valence-electron chi connectivity index (χ3n) is 6.93. The lowest BCUT2D eigenvalue weighted by atomic mass is 9.86. The Morgan fingerprint density at radius 1 is 0.684 bits per heavy atom. The molecule has 1 fully saturated rings. The van der Waals surface area contributed by atoms with Gasteiger partial charge in [-0.15, -0.1) is 0 Å². The van der Waals surface area contributed by atoms with Crippen molar-refractivity contribution in [3.8, 4) is 5.75 Å². The van der Waals surface area contributed by atoms with Gasteiger partial charge in [0, 0.05) is 19.6 Å². The number of hydrogen-bond acceptors (Lipinski definition) is 3. The lowest BCUT2D eigenvalue weighted by Crippen LogP contribution is -2.38. The molecule has 0 amide bonds. The van der Waals surface area contributed by atoms with E-state index in [9.17, 15) is 4.39 Å². The third kappa shape index (κ3) is 7.18. The number of ether oxygens (including phenoxy) is 2. The van der Waals surface area contributed by atoms with E-state index in [4.69, 9.17) is 9.47 Å². The van der Waals surface area contributed by atoms with E-state index in [0.29, 0.717) is 6.61 Å². The van der Waals surface area contributed by atoms with Gasteiger partial charge in [-0.1, -0.05) is 90.5 Å². The summed E-state index contributed by atoms with van der Waals surface area (Å²) in [6.07, 6.45) is 1.61. The SMILES string of the molecule is Fc1ccc(C(=C(Cc2ccccc2)Cc2ccccc2)c2ccc(OCCN3CCOCC3)cc2)cc1. The fourth-order valence-corrected chi connectivity index (χ4v) is 4.95. The van der Waals surface area contributed by atoms with Crippen LogP contribution in [-0.4, -0.2) is 44.4 Å². The van der Waals surface area contributed by atoms with Crippen molar-refractivity contribution in [2.75, 3.05) is 39.5 Å². The van der Waals surface area contributed by atoms with Crippen molar-refractivity contribution in [1.29, 1.82) is 0 Å². The minimum absolute atomic E-state index is 0.232. The molecule has 0 atom stereocenters. The van der Waals surface area contributed by atoms with Crippen molar-refractivity contribution in [2.24, 2.45) is 0 Å². The van der Waals surface area contributed by atoms with Crippen molar-refractivity contribution in [3.05, 3.63) is 143 Å². The van der Waals surface area contributed by atoms with Gasteiger partial charge in [0.2, 0.25) is 0 Å². The number of allylic oxidation sites excluding steroid dienone is 1. The molecule has 0 bridgehead atoms. The first-order chi connectivity index (χ1) is 18.7. The molecule has 0 aliphatic carbocycles. The predicted molar refractivity (Wildman–Crippen MR) is 152 cm³/mol. The molecule has 1 heterocycles. The summed E-state index contributed by atoms with van der Waals surface area (Å²) in [6, 6.07) is 36.3. The van der Waals surface area contributed by atoms with Crippen molar-refractivity contribution in [2.45, 2.75) is 12.8 Å². The van der Waals surface area contributed by atoms with Crippen LogP contribution in [-0.2, 0) is 17.6 Å². The van der Waals surface area contributed by atoms with Crippen LogP contribution in [0.25, 0.3) is 5.57 Å². The van der Waals surface area contributed by atoms with Gasteiger partial charge in [0.05, 0.1) is 13.2 Å². The predicted octanol–water partition coefficient (Wildman–Crippen LogP) is 6.82. The van der Waals surface area contributed by atoms with Crippen molar-refractivity contribution in [1.82, 2.24) is 4.90 Å². The number of hydrogen-bond donors (Lipinski definition) is 0. The highest BCUT2D eigenvalue weighted by Crippen LogP contribution is 2.32. The van der Waals surface area contributed by atoms with Gasteiger partial charge in [-0.2, -0.15) is 0 Å². The van der Waals surface area contributed by atoms with Crippen LogP contribution < -0.4 is 4.74 Å². The van der Waals surface area contributed by atoms with Crippen molar-refractivity contribution >= 4 is 5.57 Å². The summed E-state index contributed by atoms with van der Waals surface area (Å²) in [4.78, 5) is 2.37. The third-order valence-corrected chi connectivity index (χ3v) is 6.93. The molecular formula is C34H34FNO2. The molecule has 0 radical (unpaired) electrons. The van der Waals surface area contributed by atoms with E-state index in [2.05, 4.69) is 65.6 Å². The number of halogens is 1. The zero-order valence-electron chi connectivity index (χ0n) is 21.7. The lowest BCUT2D eigenvalue weighted by molar-refractivity contribution is 0.0322. The summed E-state index contributed by atoms with van der Waals surface area (Å²) >= 11 is 0. The van der Waals surface area contributed by atoms with Crippen LogP contribution >= 0.6 is 0 Å². The Hall–Kier alpha value is -3.73. The van der Waals surface area contributed by atoms with E-state index >= 15 is 0 Å². The zero-order valence-corrected chi connectivity index (χ0v) is 21.7. The van der Waals surface area contributed by atoms with Gasteiger partial charge < -0.3 is 9.47 Å². The summed E-state index contributed by atoms with van der Waals surface area (Å²) in [7, 11) is 0. The molecule has 1 aliphatic heterocycles. The Morgan fingerprint density at radius 3 is 1.76 bits per heavy atom. The Labute approximate surface area is 225 Å². The molecule has 4 aromatic carbocycles. The van der Waals surface area contributed by atoms with Gasteiger partial charge in [-0.3, -0.25) is 4.90 Å². The molecule has 4 heteroatoms. The number of benzene rings is 4. The first-order valence-electron chi connectivity index (χ1n) is 13.3. The fourth-order valence-electron chi connectivity index (χ4n) is 4.95. The smallest absolute Gasteiger partial charge is 0.123 e. The number of rotatable bonds is 10. The van der Waals surface area contributed by atoms with Gasteiger partial charge >= 0.3 is 0 Å². The van der Waals surface area contributed by atoms with Crippen LogP contribution in [0.5, 0.6) is 5.75 Å². The molecule has 0 saturated carbocycles. The summed E-state index contributed by atoms with van der Waals surface area (Å²) in [5.74, 6) is 0.623. The Morgan fingerprint density at radius 2 is 1.21 bits per heavy atom. The van der Waals surface area contributed by atoms with E-state index in [-0.39, 0.29) is 5.82 Å². The van der Waals surface area contributed by atoms with Gasteiger partial charge in [-0.05, 0) is 64.9 Å². The highest BCUT2D eigenvalue weighted by molar-refractivity contribution is 5.83. The topological polar surface area (TPSA) is 21.7 Å². The van der Waals surface area contributed by atoms with E-state index in [0.717, 1.165) is 68.1 Å². The molecule has 0 spiro atoms. The van der Waals surface area contributed by atoms with Crippen molar-refractivity contribution < 1.29 is 13.9 Å². The van der Waals surface area contributed by atoms with Gasteiger partial charge in [0.15, 0.2) is 0 Å². The highest BCUT2D eigenvalue weighted by Gasteiger charge is 2.15. The van der Waals surface area contributed by atoms with Crippen LogP contribution in [0, 0.1) is 5.82 Å². The maximum absolute atomic E-state index is 13.9. The molecule has 0 aromatic heterocycles. The van der Waals surface area contributed by atoms with Crippen LogP contribution in [0.3, 0.4) is 0 Å². The maximum atomic E-state index is 13.9. The molecule has 1 aliphatic rings.